The predicted molar refractivity (Wildman–Crippen MR) is 128 cm³/mol. The summed E-state index contributed by atoms with van der Waals surface area (Å²) in [6, 6.07) is 5.34. The van der Waals surface area contributed by atoms with Crippen LogP contribution in [-0.4, -0.2) is 70.8 Å². The van der Waals surface area contributed by atoms with Crippen molar-refractivity contribution in [2.75, 3.05) is 12.8 Å². The van der Waals surface area contributed by atoms with Gasteiger partial charge in [0.25, 0.3) is 11.9 Å². The molecule has 0 spiro atoms. The fourth-order valence-electron chi connectivity index (χ4n) is 4.58. The first-order valence-corrected chi connectivity index (χ1v) is 12.8. The number of rotatable bonds is 8. The first-order chi connectivity index (χ1) is 18.3. The predicted octanol–water partition coefficient (Wildman–Crippen LogP) is 0.723. The van der Waals surface area contributed by atoms with Gasteiger partial charge >= 0.3 is 10.4 Å². The Balaban J connectivity index is 1.52. The van der Waals surface area contributed by atoms with Crippen LogP contribution in [0.3, 0.4) is 0 Å². The quantitative estimate of drug-likeness (QED) is 0.385. The molecule has 3 N–H and O–H groups in total. The smallest absolute Gasteiger partial charge is 0.451 e. The maximum atomic E-state index is 16.0. The lowest BCUT2D eigenvalue weighted by Gasteiger charge is -2.34. The van der Waals surface area contributed by atoms with Crippen molar-refractivity contribution in [1.82, 2.24) is 19.5 Å². The van der Waals surface area contributed by atoms with E-state index < -0.39 is 57.9 Å². The molecule has 0 aliphatic carbocycles. The minimum Gasteiger partial charge on any atom is -0.497 e. The van der Waals surface area contributed by atoms with Gasteiger partial charge in [0.05, 0.1) is 13.4 Å². The number of nitrogens with one attached hydrogen (secondary N) is 1. The first-order valence-electron chi connectivity index (χ1n) is 11.4. The molecule has 2 saturated heterocycles. The van der Waals surface area contributed by atoms with E-state index in [0.717, 1.165) is 13.3 Å². The lowest BCUT2D eigenvalue weighted by Crippen LogP contribution is -2.57. The van der Waals surface area contributed by atoms with Crippen LogP contribution in [0.4, 0.5) is 10.3 Å². The molecule has 39 heavy (non-hydrogen) atoms. The fourth-order valence-corrected chi connectivity index (χ4v) is 5.31. The number of Topliss-reactive ketones (excluding diaryl/α,β-unsaturated/α-hetero) is 1. The molecule has 0 amide bonds. The Morgan fingerprint density at radius 3 is 2.51 bits per heavy atom. The average Bonchev–Trinajstić information content (AvgIpc) is 3.48. The van der Waals surface area contributed by atoms with Gasteiger partial charge in [0.2, 0.25) is 11.5 Å². The van der Waals surface area contributed by atoms with Crippen LogP contribution < -0.4 is 20.2 Å². The summed E-state index contributed by atoms with van der Waals surface area (Å²) >= 11 is 0. The molecule has 2 aliphatic rings. The van der Waals surface area contributed by atoms with Gasteiger partial charge in [-0.2, -0.15) is 17.6 Å². The van der Waals surface area contributed by atoms with Crippen LogP contribution in [0.5, 0.6) is 11.5 Å². The van der Waals surface area contributed by atoms with Gasteiger partial charge in [0.15, 0.2) is 29.0 Å². The van der Waals surface area contributed by atoms with Crippen LogP contribution in [0.1, 0.15) is 27.0 Å². The normalized spacial score (nSPS) is 26.8. The van der Waals surface area contributed by atoms with E-state index in [1.54, 1.807) is 0 Å². The van der Waals surface area contributed by atoms with Crippen LogP contribution in [-0.2, 0) is 33.6 Å². The van der Waals surface area contributed by atoms with Gasteiger partial charge in [0.1, 0.15) is 23.7 Å². The number of aromatic nitrogens is 4. The topological polar surface area (TPSA) is 196 Å². The molecule has 1 unspecified atom stereocenters. The summed E-state index contributed by atoms with van der Waals surface area (Å²) in [5.74, 6) is -2.34. The number of ether oxygens (including phenoxy) is 4. The molecular formula is C22H24FN5O10S. The summed E-state index contributed by atoms with van der Waals surface area (Å²) < 4.78 is 74.6. The molecule has 5 rings (SSSR count). The lowest BCUT2D eigenvalue weighted by molar-refractivity contribution is -0.244. The number of carbonyl (C=O) groups excluding carboxylic acids is 1. The van der Waals surface area contributed by atoms with Crippen molar-refractivity contribution in [2.45, 2.75) is 57.0 Å². The van der Waals surface area contributed by atoms with E-state index in [0.29, 0.717) is 5.75 Å². The molecule has 1 aromatic carbocycles. The molecule has 0 bridgehead atoms. The number of hydrogen-bond acceptors (Lipinski definition) is 13. The first kappa shape index (κ1) is 26.9. The summed E-state index contributed by atoms with van der Waals surface area (Å²) in [5, 5.41) is 0. The Kier molecular flexibility index (Phi) is 6.38. The Labute approximate surface area is 220 Å². The Bertz CT molecular complexity index is 1590. The van der Waals surface area contributed by atoms with Gasteiger partial charge in [-0.1, -0.05) is 0 Å². The molecule has 0 radical (unpaired) electrons. The second-order valence-electron chi connectivity index (χ2n) is 9.23. The van der Waals surface area contributed by atoms with E-state index in [-0.39, 0.29) is 22.9 Å². The number of hydrogen-bond donors (Lipinski definition) is 2. The third kappa shape index (κ3) is 4.61. The number of nitrogens with two attached hydrogens (primary N) is 1. The summed E-state index contributed by atoms with van der Waals surface area (Å²) in [4.78, 5) is 35.7. The number of nitrogen functional groups attached to an aromatic ring is 1. The maximum Gasteiger partial charge on any atom is 0.451 e. The van der Waals surface area contributed by atoms with E-state index in [1.807, 2.05) is 0 Å². The van der Waals surface area contributed by atoms with Crippen LogP contribution in [0, 0.1) is 0 Å². The van der Waals surface area contributed by atoms with E-state index in [4.69, 9.17) is 28.9 Å². The second kappa shape index (κ2) is 9.23. The number of fused-ring (bicyclic) bond motifs is 2. The van der Waals surface area contributed by atoms with Crippen LogP contribution in [0.25, 0.3) is 11.2 Å². The zero-order valence-corrected chi connectivity index (χ0v) is 21.8. The van der Waals surface area contributed by atoms with Gasteiger partial charge in [-0.25, -0.2) is 9.37 Å². The van der Waals surface area contributed by atoms with Crippen molar-refractivity contribution in [3.63, 3.8) is 0 Å². The number of benzene rings is 1. The van der Waals surface area contributed by atoms with Crippen molar-refractivity contribution in [3.8, 4) is 11.5 Å². The minimum atomic E-state index is -5.08. The number of nitrogens with zero attached hydrogens (tertiary/aromatic N) is 3. The third-order valence-electron chi connectivity index (χ3n) is 6.22. The van der Waals surface area contributed by atoms with E-state index >= 15 is 4.39 Å². The molecule has 2 aliphatic heterocycles. The molecule has 3 aromatic rings. The number of H-pyrrole nitrogens is 1. The monoisotopic (exact) mass is 569 g/mol. The molecule has 210 valence electrons. The van der Waals surface area contributed by atoms with Crippen molar-refractivity contribution in [3.05, 3.63) is 40.9 Å². The van der Waals surface area contributed by atoms with Gasteiger partial charge in [-0.15, -0.1) is 0 Å². The molecule has 2 fully saturated rings. The largest absolute Gasteiger partial charge is 0.497 e. The number of alkyl halides is 1. The highest BCUT2D eigenvalue weighted by Gasteiger charge is 2.70. The lowest BCUT2D eigenvalue weighted by atomic mass is 9.91. The summed E-state index contributed by atoms with van der Waals surface area (Å²) in [5.41, 5.74) is 2.20. The van der Waals surface area contributed by atoms with E-state index in [9.17, 15) is 18.0 Å². The summed E-state index contributed by atoms with van der Waals surface area (Å²) in [6.45, 7) is 4.00. The number of aromatic amines is 1. The highest BCUT2D eigenvalue weighted by Crippen LogP contribution is 2.51. The van der Waals surface area contributed by atoms with Crippen molar-refractivity contribution in [1.29, 1.82) is 0 Å². The number of ketones is 1. The minimum absolute atomic E-state index is 0.0561. The fraction of sp³-hybridized carbons (Fsp3) is 0.455. The van der Waals surface area contributed by atoms with E-state index in [1.165, 1.54) is 49.8 Å². The van der Waals surface area contributed by atoms with Crippen LogP contribution in [0.15, 0.2) is 35.4 Å². The zero-order chi connectivity index (χ0) is 28.3. The van der Waals surface area contributed by atoms with Gasteiger partial charge in [0, 0.05) is 0 Å². The Morgan fingerprint density at radius 1 is 1.21 bits per heavy atom. The number of carbonyl (C=O) groups is 1. The van der Waals surface area contributed by atoms with Crippen molar-refractivity contribution in [2.24, 2.45) is 0 Å². The summed E-state index contributed by atoms with van der Waals surface area (Å²) in [6.07, 6.45) is -5.86. The average molecular weight is 570 g/mol. The molecule has 15 nitrogen and oxygen atoms in total. The van der Waals surface area contributed by atoms with Crippen LogP contribution >= 0.6 is 0 Å². The molecular weight excluding hydrogens is 545 g/mol. The standard InChI is InChI=1S/C22H24FN5O10S/c1-10(29)22(19(23)38-39(31,32)37-12-7-5-11(33-4)6-8-12)15-14(34-21(2,3)35-15)18(36-22)28-9-25-13-16(28)26-20(24)27-17(13)30/h5-9,14-15,18-19H,1-4H3,(H3,24,26,27,30)/t14-,15+,18-,19?,22+/m1/s1. The SMILES string of the molecule is COc1ccc(OS(=O)(=O)OC(F)[C@@]2(C(C)=O)O[C@@H](n3cnc4c(=O)[nH]c(N)nc43)[C@@H]3OC(C)(C)O[C@@H]32)cc1. The Hall–Kier alpha value is -3.64. The number of halogens is 1. The third-order valence-corrected chi connectivity index (χ3v) is 7.02. The van der Waals surface area contributed by atoms with E-state index in [2.05, 4.69) is 19.1 Å². The molecule has 2 aromatic heterocycles. The molecule has 4 heterocycles. The number of methoxy groups -OCH3 is 1. The van der Waals surface area contributed by atoms with Crippen LogP contribution in [0.2, 0.25) is 0 Å². The second-order valence-corrected chi connectivity index (χ2v) is 10.4. The van der Waals surface area contributed by atoms with Crippen molar-refractivity contribution >= 4 is 33.3 Å². The molecule has 5 atom stereocenters. The number of imidazole rings is 1. The van der Waals surface area contributed by atoms with Gasteiger partial charge < -0.3 is 28.9 Å². The Morgan fingerprint density at radius 2 is 1.87 bits per heavy atom. The zero-order valence-electron chi connectivity index (χ0n) is 21.0. The highest BCUT2D eigenvalue weighted by molar-refractivity contribution is 7.82. The van der Waals surface area contributed by atoms with Gasteiger partial charge in [-0.05, 0) is 45.0 Å². The molecule has 0 saturated carbocycles. The summed E-state index contributed by atoms with van der Waals surface area (Å²) in [7, 11) is -3.66. The number of anilines is 1. The molecule has 17 heteroatoms. The van der Waals surface area contributed by atoms with Crippen molar-refractivity contribution < 1.29 is 44.9 Å². The van der Waals surface area contributed by atoms with Gasteiger partial charge in [-0.3, -0.25) is 19.1 Å². The maximum absolute atomic E-state index is 16.0. The highest BCUT2D eigenvalue weighted by atomic mass is 32.3.